The first-order chi connectivity index (χ1) is 6.56. The monoisotopic (exact) mass is 197 g/mol. The first-order valence-electron chi connectivity index (χ1n) is 4.26. The Morgan fingerprint density at radius 3 is 2.79 bits per heavy atom. The van der Waals surface area contributed by atoms with Crippen LogP contribution < -0.4 is 5.73 Å². The molecule has 4 heteroatoms. The standard InChI is InChI=1S/C10H12FNO2/c1-6(11)7-2-3-9(13)8(4-7)10(14)5-12/h2-4,6,13H,5,12H2,1H3. The van der Waals surface area contributed by atoms with Gasteiger partial charge in [0.25, 0.3) is 0 Å². The van der Waals surface area contributed by atoms with E-state index < -0.39 is 12.0 Å². The van der Waals surface area contributed by atoms with Gasteiger partial charge in [-0.3, -0.25) is 4.79 Å². The van der Waals surface area contributed by atoms with Crippen molar-refractivity contribution in [1.29, 1.82) is 0 Å². The molecule has 1 unspecified atom stereocenters. The number of hydrogen-bond acceptors (Lipinski definition) is 3. The third kappa shape index (κ3) is 2.09. The zero-order valence-electron chi connectivity index (χ0n) is 7.83. The Morgan fingerprint density at radius 2 is 2.29 bits per heavy atom. The summed E-state index contributed by atoms with van der Waals surface area (Å²) in [6, 6.07) is 4.07. The van der Waals surface area contributed by atoms with Crippen LogP contribution in [0.3, 0.4) is 0 Å². The van der Waals surface area contributed by atoms with Crippen LogP contribution in [-0.2, 0) is 0 Å². The Labute approximate surface area is 81.4 Å². The Bertz CT molecular complexity index is 350. The SMILES string of the molecule is CC(F)c1ccc(O)c(C(=O)CN)c1. The number of aromatic hydroxyl groups is 1. The molecular formula is C10H12FNO2. The predicted octanol–water partition coefficient (Wildman–Crippen LogP) is 1.56. The third-order valence-electron chi connectivity index (χ3n) is 1.97. The number of alkyl halides is 1. The number of carbonyl (C=O) groups excluding carboxylic acids is 1. The molecule has 0 aromatic heterocycles. The van der Waals surface area contributed by atoms with E-state index in [9.17, 15) is 14.3 Å². The van der Waals surface area contributed by atoms with Crippen LogP contribution in [0.4, 0.5) is 4.39 Å². The van der Waals surface area contributed by atoms with E-state index >= 15 is 0 Å². The number of rotatable bonds is 3. The van der Waals surface area contributed by atoms with Gasteiger partial charge in [0.1, 0.15) is 11.9 Å². The molecule has 3 nitrogen and oxygen atoms in total. The smallest absolute Gasteiger partial charge is 0.180 e. The number of halogens is 1. The molecule has 14 heavy (non-hydrogen) atoms. The van der Waals surface area contributed by atoms with Gasteiger partial charge in [-0.1, -0.05) is 6.07 Å². The fourth-order valence-corrected chi connectivity index (χ4v) is 1.13. The minimum absolute atomic E-state index is 0.0782. The number of hydrogen-bond donors (Lipinski definition) is 2. The summed E-state index contributed by atoms with van der Waals surface area (Å²) in [6.45, 7) is 1.17. The molecule has 0 bridgehead atoms. The van der Waals surface area contributed by atoms with E-state index in [0.29, 0.717) is 5.56 Å². The molecule has 0 aliphatic rings. The first-order valence-corrected chi connectivity index (χ1v) is 4.26. The second-order valence-corrected chi connectivity index (χ2v) is 3.02. The van der Waals surface area contributed by atoms with Gasteiger partial charge < -0.3 is 10.8 Å². The summed E-state index contributed by atoms with van der Waals surface area (Å²) >= 11 is 0. The van der Waals surface area contributed by atoms with Crippen molar-refractivity contribution in [3.05, 3.63) is 29.3 Å². The van der Waals surface area contributed by atoms with Gasteiger partial charge in [-0.25, -0.2) is 4.39 Å². The van der Waals surface area contributed by atoms with Crippen molar-refractivity contribution in [1.82, 2.24) is 0 Å². The summed E-state index contributed by atoms with van der Waals surface area (Å²) in [5.74, 6) is -0.560. The van der Waals surface area contributed by atoms with Crippen LogP contribution in [0, 0.1) is 0 Å². The first kappa shape index (κ1) is 10.7. The summed E-state index contributed by atoms with van der Waals surface area (Å²) in [5, 5.41) is 9.32. The number of benzene rings is 1. The lowest BCUT2D eigenvalue weighted by atomic mass is 10.0. The van der Waals surface area contributed by atoms with Crippen LogP contribution in [0.2, 0.25) is 0 Å². The van der Waals surface area contributed by atoms with Gasteiger partial charge in [-0.05, 0) is 24.6 Å². The zero-order chi connectivity index (χ0) is 10.7. The Hall–Kier alpha value is -1.42. The van der Waals surface area contributed by atoms with Crippen molar-refractivity contribution in [2.75, 3.05) is 6.54 Å². The quantitative estimate of drug-likeness (QED) is 0.723. The highest BCUT2D eigenvalue weighted by Crippen LogP contribution is 2.24. The molecule has 0 saturated carbocycles. The summed E-state index contributed by atoms with van der Waals surface area (Å²) in [4.78, 5) is 11.2. The van der Waals surface area contributed by atoms with Gasteiger partial charge >= 0.3 is 0 Å². The molecular weight excluding hydrogens is 185 g/mol. The van der Waals surface area contributed by atoms with Crippen molar-refractivity contribution >= 4 is 5.78 Å². The minimum atomic E-state index is -1.17. The summed E-state index contributed by atoms with van der Waals surface area (Å²) in [7, 11) is 0. The molecule has 0 radical (unpaired) electrons. The minimum Gasteiger partial charge on any atom is -0.507 e. The molecule has 0 amide bonds. The largest absolute Gasteiger partial charge is 0.507 e. The fraction of sp³-hybridized carbons (Fsp3) is 0.300. The van der Waals surface area contributed by atoms with Crippen LogP contribution in [0.15, 0.2) is 18.2 Å². The lowest BCUT2D eigenvalue weighted by Crippen LogP contribution is -2.14. The normalized spacial score (nSPS) is 12.5. The topological polar surface area (TPSA) is 63.3 Å². The molecule has 0 fully saturated rings. The molecule has 1 rings (SSSR count). The maximum atomic E-state index is 12.9. The predicted molar refractivity (Wildman–Crippen MR) is 51.0 cm³/mol. The van der Waals surface area contributed by atoms with Crippen LogP contribution in [0.1, 0.15) is 29.0 Å². The van der Waals surface area contributed by atoms with E-state index in [1.165, 1.54) is 25.1 Å². The lowest BCUT2D eigenvalue weighted by molar-refractivity contribution is 0.0998. The number of phenols is 1. The molecule has 0 heterocycles. The average molecular weight is 197 g/mol. The third-order valence-corrected chi connectivity index (χ3v) is 1.97. The molecule has 0 saturated heterocycles. The van der Waals surface area contributed by atoms with Gasteiger partial charge in [0.2, 0.25) is 0 Å². The van der Waals surface area contributed by atoms with Gasteiger partial charge in [0.15, 0.2) is 5.78 Å². The average Bonchev–Trinajstić information content (AvgIpc) is 2.17. The van der Waals surface area contributed by atoms with Gasteiger partial charge in [-0.2, -0.15) is 0 Å². The van der Waals surface area contributed by atoms with E-state index in [2.05, 4.69) is 0 Å². The highest BCUT2D eigenvalue weighted by Gasteiger charge is 2.12. The number of carbonyl (C=O) groups is 1. The van der Waals surface area contributed by atoms with Crippen LogP contribution >= 0.6 is 0 Å². The van der Waals surface area contributed by atoms with E-state index in [0.717, 1.165) is 0 Å². The maximum absolute atomic E-state index is 12.9. The fourth-order valence-electron chi connectivity index (χ4n) is 1.13. The molecule has 1 aromatic carbocycles. The molecule has 1 atom stereocenters. The van der Waals surface area contributed by atoms with Crippen molar-refractivity contribution in [2.45, 2.75) is 13.1 Å². The highest BCUT2D eigenvalue weighted by molar-refractivity contribution is 6.00. The van der Waals surface area contributed by atoms with E-state index in [1.54, 1.807) is 0 Å². The molecule has 0 spiro atoms. The Kier molecular flexibility index (Phi) is 3.19. The Balaban J connectivity index is 3.15. The summed E-state index contributed by atoms with van der Waals surface area (Å²) < 4.78 is 12.9. The van der Waals surface area contributed by atoms with Crippen LogP contribution in [0.25, 0.3) is 0 Å². The van der Waals surface area contributed by atoms with E-state index in [1.807, 2.05) is 0 Å². The van der Waals surface area contributed by atoms with Crippen molar-refractivity contribution < 1.29 is 14.3 Å². The number of Topliss-reactive ketones (excluding diaryl/α,β-unsaturated/α-hetero) is 1. The van der Waals surface area contributed by atoms with Crippen LogP contribution in [-0.4, -0.2) is 17.4 Å². The lowest BCUT2D eigenvalue weighted by Gasteiger charge is -2.06. The van der Waals surface area contributed by atoms with Crippen molar-refractivity contribution in [2.24, 2.45) is 5.73 Å². The van der Waals surface area contributed by atoms with E-state index in [-0.39, 0.29) is 17.9 Å². The number of phenolic OH excluding ortho intramolecular Hbond substituents is 1. The maximum Gasteiger partial charge on any atom is 0.180 e. The van der Waals surface area contributed by atoms with Gasteiger partial charge in [0.05, 0.1) is 12.1 Å². The molecule has 0 aliphatic carbocycles. The summed E-state index contributed by atoms with van der Waals surface area (Å²) in [5.41, 5.74) is 5.58. The molecule has 76 valence electrons. The molecule has 3 N–H and O–H groups in total. The van der Waals surface area contributed by atoms with Gasteiger partial charge in [-0.15, -0.1) is 0 Å². The number of ketones is 1. The van der Waals surface area contributed by atoms with Crippen molar-refractivity contribution in [3.63, 3.8) is 0 Å². The summed E-state index contributed by atoms with van der Waals surface area (Å²) in [6.07, 6.45) is -1.17. The molecule has 1 aromatic rings. The number of nitrogens with two attached hydrogens (primary N) is 1. The zero-order valence-corrected chi connectivity index (χ0v) is 7.83. The second-order valence-electron chi connectivity index (χ2n) is 3.02. The highest BCUT2D eigenvalue weighted by atomic mass is 19.1. The second kappa shape index (κ2) is 4.19. The van der Waals surface area contributed by atoms with E-state index in [4.69, 9.17) is 5.73 Å². The van der Waals surface area contributed by atoms with Crippen LogP contribution in [0.5, 0.6) is 5.75 Å². The van der Waals surface area contributed by atoms with Crippen molar-refractivity contribution in [3.8, 4) is 5.75 Å². The molecule has 0 aliphatic heterocycles. The van der Waals surface area contributed by atoms with Gasteiger partial charge in [0, 0.05) is 0 Å². The Morgan fingerprint density at radius 1 is 1.64 bits per heavy atom.